The van der Waals surface area contributed by atoms with E-state index in [4.69, 9.17) is 10.5 Å². The highest BCUT2D eigenvalue weighted by molar-refractivity contribution is 9.10. The third-order valence-electron chi connectivity index (χ3n) is 2.61. The van der Waals surface area contributed by atoms with E-state index in [1.165, 1.54) is 4.90 Å². The molecule has 2 nitrogen and oxygen atoms in total. The number of benzene rings is 2. The Balaban J connectivity index is 1.76. The Bertz CT molecular complexity index is 516. The Kier molecular flexibility index (Phi) is 5.76. The smallest absolute Gasteiger partial charge is 0.119 e. The van der Waals surface area contributed by atoms with Crippen molar-refractivity contribution in [2.45, 2.75) is 11.4 Å². The van der Waals surface area contributed by atoms with Gasteiger partial charge in [0.2, 0.25) is 0 Å². The van der Waals surface area contributed by atoms with E-state index in [1.54, 1.807) is 11.8 Å². The summed E-state index contributed by atoms with van der Waals surface area (Å²) in [4.78, 5) is 1.24. The highest BCUT2D eigenvalue weighted by atomic mass is 79.9. The maximum absolute atomic E-state index is 5.69. The van der Waals surface area contributed by atoms with E-state index in [0.717, 1.165) is 21.5 Å². The molecule has 2 aromatic carbocycles. The highest BCUT2D eigenvalue weighted by Gasteiger charge is 1.99. The predicted molar refractivity (Wildman–Crippen MR) is 84.7 cm³/mol. The molecule has 2 aromatic rings. The van der Waals surface area contributed by atoms with Crippen molar-refractivity contribution in [2.24, 2.45) is 5.73 Å². The molecule has 19 heavy (non-hydrogen) atoms. The second-order valence-electron chi connectivity index (χ2n) is 3.98. The van der Waals surface area contributed by atoms with E-state index < -0.39 is 0 Å². The van der Waals surface area contributed by atoms with E-state index in [2.05, 4.69) is 28.1 Å². The molecule has 0 radical (unpaired) electrons. The van der Waals surface area contributed by atoms with Crippen LogP contribution in [0.25, 0.3) is 0 Å². The van der Waals surface area contributed by atoms with Gasteiger partial charge in [0, 0.05) is 21.7 Å². The van der Waals surface area contributed by atoms with Gasteiger partial charge in [-0.3, -0.25) is 0 Å². The Labute approximate surface area is 126 Å². The summed E-state index contributed by atoms with van der Waals surface area (Å²) in [6.07, 6.45) is 0. The summed E-state index contributed by atoms with van der Waals surface area (Å²) in [5.41, 5.74) is 6.67. The minimum Gasteiger partial charge on any atom is -0.493 e. The molecular weight excluding hydrogens is 322 g/mol. The number of hydrogen-bond donors (Lipinski definition) is 1. The van der Waals surface area contributed by atoms with Crippen molar-refractivity contribution in [3.8, 4) is 5.75 Å². The van der Waals surface area contributed by atoms with E-state index in [-0.39, 0.29) is 0 Å². The maximum atomic E-state index is 5.69. The van der Waals surface area contributed by atoms with Gasteiger partial charge in [-0.25, -0.2) is 0 Å². The van der Waals surface area contributed by atoms with Gasteiger partial charge in [-0.05, 0) is 45.8 Å². The van der Waals surface area contributed by atoms with Crippen LogP contribution in [-0.4, -0.2) is 12.4 Å². The third kappa shape index (κ3) is 4.56. The van der Waals surface area contributed by atoms with Crippen LogP contribution in [0.3, 0.4) is 0 Å². The summed E-state index contributed by atoms with van der Waals surface area (Å²) < 4.78 is 6.82. The molecule has 0 aliphatic heterocycles. The standard InChI is InChI=1S/C15H16BrNOS/c16-14-3-1-2-4-15(14)19-10-9-18-13-7-5-12(11-17)6-8-13/h1-8H,9-11,17H2. The van der Waals surface area contributed by atoms with Gasteiger partial charge < -0.3 is 10.5 Å². The first-order valence-electron chi connectivity index (χ1n) is 6.09. The molecule has 0 bridgehead atoms. The van der Waals surface area contributed by atoms with Gasteiger partial charge in [-0.2, -0.15) is 0 Å². The zero-order chi connectivity index (χ0) is 13.5. The predicted octanol–water partition coefficient (Wildman–Crippen LogP) is 4.08. The second-order valence-corrected chi connectivity index (χ2v) is 5.97. The van der Waals surface area contributed by atoms with E-state index >= 15 is 0 Å². The zero-order valence-corrected chi connectivity index (χ0v) is 12.9. The Morgan fingerprint density at radius 1 is 1.05 bits per heavy atom. The summed E-state index contributed by atoms with van der Waals surface area (Å²) in [5.74, 6) is 1.81. The highest BCUT2D eigenvalue weighted by Crippen LogP contribution is 2.26. The van der Waals surface area contributed by atoms with Crippen LogP contribution in [0.5, 0.6) is 5.75 Å². The molecule has 4 heteroatoms. The van der Waals surface area contributed by atoms with Crippen LogP contribution in [0, 0.1) is 0 Å². The molecule has 100 valence electrons. The van der Waals surface area contributed by atoms with Crippen molar-refractivity contribution in [1.29, 1.82) is 0 Å². The van der Waals surface area contributed by atoms with E-state index in [1.807, 2.05) is 36.4 Å². The number of halogens is 1. The molecule has 0 saturated carbocycles. The Morgan fingerprint density at radius 3 is 2.47 bits per heavy atom. The van der Waals surface area contributed by atoms with Gasteiger partial charge in [0.15, 0.2) is 0 Å². The van der Waals surface area contributed by atoms with Crippen LogP contribution in [0.15, 0.2) is 57.9 Å². The second kappa shape index (κ2) is 7.58. The summed E-state index contributed by atoms with van der Waals surface area (Å²) in [6.45, 7) is 1.26. The van der Waals surface area contributed by atoms with Gasteiger partial charge >= 0.3 is 0 Å². The molecule has 0 fully saturated rings. The number of hydrogen-bond acceptors (Lipinski definition) is 3. The fraction of sp³-hybridized carbons (Fsp3) is 0.200. The molecule has 0 amide bonds. The molecule has 0 aliphatic rings. The van der Waals surface area contributed by atoms with Gasteiger partial charge in [0.25, 0.3) is 0 Å². The Morgan fingerprint density at radius 2 is 1.79 bits per heavy atom. The number of nitrogens with two attached hydrogens (primary N) is 1. The monoisotopic (exact) mass is 337 g/mol. The normalized spacial score (nSPS) is 10.4. The van der Waals surface area contributed by atoms with Gasteiger partial charge in [-0.1, -0.05) is 24.3 Å². The Hall–Kier alpha value is -0.970. The van der Waals surface area contributed by atoms with E-state index in [9.17, 15) is 0 Å². The lowest BCUT2D eigenvalue weighted by atomic mass is 10.2. The number of rotatable bonds is 6. The van der Waals surface area contributed by atoms with Crippen molar-refractivity contribution in [2.75, 3.05) is 12.4 Å². The average molecular weight is 338 g/mol. The van der Waals surface area contributed by atoms with Crippen LogP contribution >= 0.6 is 27.7 Å². The van der Waals surface area contributed by atoms with Gasteiger partial charge in [0.05, 0.1) is 6.61 Å². The first-order valence-corrected chi connectivity index (χ1v) is 7.86. The fourth-order valence-electron chi connectivity index (χ4n) is 1.59. The molecule has 2 N–H and O–H groups in total. The minimum absolute atomic E-state index is 0.568. The topological polar surface area (TPSA) is 35.2 Å². The van der Waals surface area contributed by atoms with Gasteiger partial charge in [0.1, 0.15) is 5.75 Å². The summed E-state index contributed by atoms with van der Waals surface area (Å²) >= 11 is 5.32. The summed E-state index contributed by atoms with van der Waals surface area (Å²) in [6, 6.07) is 16.1. The largest absolute Gasteiger partial charge is 0.493 e. The van der Waals surface area contributed by atoms with E-state index in [0.29, 0.717) is 13.2 Å². The first-order chi connectivity index (χ1) is 9.29. The third-order valence-corrected chi connectivity index (χ3v) is 4.60. The van der Waals surface area contributed by atoms with Crippen molar-refractivity contribution in [1.82, 2.24) is 0 Å². The molecule has 0 saturated heterocycles. The lowest BCUT2D eigenvalue weighted by Crippen LogP contribution is -2.01. The molecular formula is C15H16BrNOS. The quantitative estimate of drug-likeness (QED) is 0.637. The van der Waals surface area contributed by atoms with Crippen LogP contribution in [0.2, 0.25) is 0 Å². The number of thioether (sulfide) groups is 1. The summed E-state index contributed by atoms with van der Waals surface area (Å²) in [5, 5.41) is 0. The lowest BCUT2D eigenvalue weighted by molar-refractivity contribution is 0.344. The molecule has 0 spiro atoms. The fourth-order valence-corrected chi connectivity index (χ4v) is 2.99. The molecule has 0 heterocycles. The molecule has 0 aromatic heterocycles. The molecule has 0 unspecified atom stereocenters. The molecule has 0 aliphatic carbocycles. The van der Waals surface area contributed by atoms with Crippen LogP contribution in [-0.2, 0) is 6.54 Å². The molecule has 2 rings (SSSR count). The van der Waals surface area contributed by atoms with Crippen molar-refractivity contribution in [3.05, 3.63) is 58.6 Å². The SMILES string of the molecule is NCc1ccc(OCCSc2ccccc2Br)cc1. The minimum atomic E-state index is 0.568. The van der Waals surface area contributed by atoms with Crippen molar-refractivity contribution in [3.63, 3.8) is 0 Å². The maximum Gasteiger partial charge on any atom is 0.119 e. The first kappa shape index (κ1) is 14.4. The zero-order valence-electron chi connectivity index (χ0n) is 10.5. The molecule has 0 atom stereocenters. The van der Waals surface area contributed by atoms with Crippen molar-refractivity contribution >= 4 is 27.7 Å². The van der Waals surface area contributed by atoms with Crippen molar-refractivity contribution < 1.29 is 4.74 Å². The van der Waals surface area contributed by atoms with Crippen LogP contribution in [0.1, 0.15) is 5.56 Å². The lowest BCUT2D eigenvalue weighted by Gasteiger charge is -2.07. The summed E-state index contributed by atoms with van der Waals surface area (Å²) in [7, 11) is 0. The van der Waals surface area contributed by atoms with Crippen LogP contribution in [0.4, 0.5) is 0 Å². The van der Waals surface area contributed by atoms with Gasteiger partial charge in [-0.15, -0.1) is 11.8 Å². The average Bonchev–Trinajstić information content (AvgIpc) is 2.46. The van der Waals surface area contributed by atoms with Crippen LogP contribution < -0.4 is 10.5 Å². The number of ether oxygens (including phenoxy) is 1.